The van der Waals surface area contributed by atoms with Crippen LogP contribution in [-0.4, -0.2) is 49.1 Å². The van der Waals surface area contributed by atoms with Gasteiger partial charge in [-0.05, 0) is 58.8 Å². The highest BCUT2D eigenvalue weighted by Gasteiger charge is 2.30. The van der Waals surface area contributed by atoms with E-state index in [2.05, 4.69) is 46.8 Å². The Bertz CT molecular complexity index is 1030. The standard InChI is InChI=1S/C23H29N5O/c1-23(2,3)28-7-5-16(6-8-28)22(29)11-20-10-17-9-18(12-25-21(17)14-24-20)19-13-26-27(4)15-19/h9-10,12-16H,5-8,11H2,1-4H3. The second kappa shape index (κ2) is 7.67. The molecule has 6 nitrogen and oxygen atoms in total. The van der Waals surface area contributed by atoms with E-state index in [-0.39, 0.29) is 11.5 Å². The smallest absolute Gasteiger partial charge is 0.142 e. The van der Waals surface area contributed by atoms with Crippen LogP contribution in [-0.2, 0) is 18.3 Å². The molecule has 0 radical (unpaired) electrons. The molecular formula is C23H29N5O. The molecule has 0 saturated carbocycles. The van der Waals surface area contributed by atoms with Gasteiger partial charge in [-0.1, -0.05) is 0 Å². The molecule has 3 aromatic rings. The first-order valence-corrected chi connectivity index (χ1v) is 10.3. The molecule has 6 heteroatoms. The number of fused-ring (bicyclic) bond motifs is 1. The van der Waals surface area contributed by atoms with E-state index in [0.29, 0.717) is 12.2 Å². The second-order valence-corrected chi connectivity index (χ2v) is 9.07. The van der Waals surface area contributed by atoms with Crippen molar-refractivity contribution in [2.75, 3.05) is 13.1 Å². The minimum atomic E-state index is 0.144. The first-order valence-electron chi connectivity index (χ1n) is 10.3. The van der Waals surface area contributed by atoms with Gasteiger partial charge in [0.15, 0.2) is 0 Å². The molecular weight excluding hydrogens is 362 g/mol. The molecule has 1 fully saturated rings. The van der Waals surface area contributed by atoms with Crippen LogP contribution in [0.1, 0.15) is 39.3 Å². The molecule has 152 valence electrons. The van der Waals surface area contributed by atoms with E-state index in [0.717, 1.165) is 53.7 Å². The highest BCUT2D eigenvalue weighted by atomic mass is 16.1. The fraction of sp³-hybridized carbons (Fsp3) is 0.478. The summed E-state index contributed by atoms with van der Waals surface area (Å²) in [6.45, 7) is 8.69. The number of piperidine rings is 1. The summed E-state index contributed by atoms with van der Waals surface area (Å²) >= 11 is 0. The van der Waals surface area contributed by atoms with Gasteiger partial charge < -0.3 is 0 Å². The van der Waals surface area contributed by atoms with Gasteiger partial charge in [-0.2, -0.15) is 5.10 Å². The summed E-state index contributed by atoms with van der Waals surface area (Å²) in [7, 11) is 1.90. The third kappa shape index (κ3) is 4.37. The van der Waals surface area contributed by atoms with Gasteiger partial charge in [-0.15, -0.1) is 0 Å². The molecule has 0 amide bonds. The zero-order valence-corrected chi connectivity index (χ0v) is 17.7. The Morgan fingerprint density at radius 3 is 2.48 bits per heavy atom. The van der Waals surface area contributed by atoms with Crippen molar-refractivity contribution < 1.29 is 4.79 Å². The molecule has 4 heterocycles. The molecule has 3 aromatic heterocycles. The normalized spacial score (nSPS) is 16.4. The molecule has 0 bridgehead atoms. The Balaban J connectivity index is 1.47. The van der Waals surface area contributed by atoms with E-state index in [1.807, 2.05) is 31.7 Å². The first kappa shape index (κ1) is 19.7. The van der Waals surface area contributed by atoms with Crippen LogP contribution in [0.15, 0.2) is 36.9 Å². The van der Waals surface area contributed by atoms with Gasteiger partial charge in [0.05, 0.1) is 17.9 Å². The van der Waals surface area contributed by atoms with Gasteiger partial charge in [0.2, 0.25) is 0 Å². The van der Waals surface area contributed by atoms with Crippen LogP contribution in [0.3, 0.4) is 0 Å². The fourth-order valence-electron chi connectivity index (χ4n) is 4.10. The van der Waals surface area contributed by atoms with Crippen molar-refractivity contribution in [2.45, 2.75) is 45.6 Å². The number of ketones is 1. The highest BCUT2D eigenvalue weighted by Crippen LogP contribution is 2.26. The Morgan fingerprint density at radius 2 is 1.83 bits per heavy atom. The van der Waals surface area contributed by atoms with Crippen LogP contribution in [0, 0.1) is 5.92 Å². The van der Waals surface area contributed by atoms with Gasteiger partial charge in [-0.25, -0.2) is 0 Å². The molecule has 29 heavy (non-hydrogen) atoms. The number of likely N-dealkylation sites (tertiary alicyclic amines) is 1. The largest absolute Gasteiger partial charge is 0.299 e. The minimum Gasteiger partial charge on any atom is -0.299 e. The third-order valence-electron chi connectivity index (χ3n) is 5.92. The zero-order valence-electron chi connectivity index (χ0n) is 17.7. The Labute approximate surface area is 172 Å². The number of aryl methyl sites for hydroxylation is 1. The lowest BCUT2D eigenvalue weighted by molar-refractivity contribution is -0.124. The van der Waals surface area contributed by atoms with E-state index in [9.17, 15) is 4.79 Å². The molecule has 1 aliphatic rings. The minimum absolute atomic E-state index is 0.144. The lowest BCUT2D eigenvalue weighted by atomic mass is 9.88. The summed E-state index contributed by atoms with van der Waals surface area (Å²) in [5.41, 5.74) is 3.89. The van der Waals surface area contributed by atoms with Crippen LogP contribution in [0.2, 0.25) is 0 Å². The molecule has 0 N–H and O–H groups in total. The highest BCUT2D eigenvalue weighted by molar-refractivity contribution is 5.86. The lowest BCUT2D eigenvalue weighted by Crippen LogP contribution is -2.47. The van der Waals surface area contributed by atoms with Crippen molar-refractivity contribution in [3.05, 3.63) is 42.6 Å². The molecule has 0 unspecified atom stereocenters. The number of carbonyl (C=O) groups excluding carboxylic acids is 1. The van der Waals surface area contributed by atoms with Crippen LogP contribution in [0.25, 0.3) is 22.0 Å². The molecule has 4 rings (SSSR count). The van der Waals surface area contributed by atoms with Crippen LogP contribution in [0.5, 0.6) is 0 Å². The summed E-state index contributed by atoms with van der Waals surface area (Å²) in [4.78, 5) is 24.3. The van der Waals surface area contributed by atoms with Crippen LogP contribution < -0.4 is 0 Å². The number of carbonyl (C=O) groups is 1. The van der Waals surface area contributed by atoms with Crippen molar-refractivity contribution in [3.8, 4) is 11.1 Å². The molecule has 0 aromatic carbocycles. The van der Waals surface area contributed by atoms with Gasteiger partial charge >= 0.3 is 0 Å². The predicted molar refractivity (Wildman–Crippen MR) is 115 cm³/mol. The number of rotatable bonds is 4. The van der Waals surface area contributed by atoms with Crippen LogP contribution in [0.4, 0.5) is 0 Å². The van der Waals surface area contributed by atoms with E-state index in [4.69, 9.17) is 0 Å². The number of Topliss-reactive ketones (excluding diaryl/α,β-unsaturated/α-hetero) is 1. The average molecular weight is 392 g/mol. The average Bonchev–Trinajstić information content (AvgIpc) is 3.13. The van der Waals surface area contributed by atoms with E-state index in [1.165, 1.54) is 0 Å². The number of pyridine rings is 2. The van der Waals surface area contributed by atoms with Gasteiger partial charge in [0.1, 0.15) is 5.78 Å². The monoisotopic (exact) mass is 391 g/mol. The molecule has 1 aliphatic heterocycles. The van der Waals surface area contributed by atoms with Crippen LogP contribution >= 0.6 is 0 Å². The number of hydrogen-bond donors (Lipinski definition) is 0. The fourth-order valence-corrected chi connectivity index (χ4v) is 4.10. The first-order chi connectivity index (χ1) is 13.8. The van der Waals surface area contributed by atoms with Crippen molar-refractivity contribution in [2.24, 2.45) is 13.0 Å². The predicted octanol–water partition coefficient (Wildman–Crippen LogP) is 3.65. The zero-order chi connectivity index (χ0) is 20.6. The Hall–Kier alpha value is -2.60. The SMILES string of the molecule is Cn1cc(-c2cnc3cnc(CC(=O)C4CCN(C(C)(C)C)CC4)cc3c2)cn1. The van der Waals surface area contributed by atoms with E-state index >= 15 is 0 Å². The topological polar surface area (TPSA) is 63.9 Å². The van der Waals surface area contributed by atoms with Crippen molar-refractivity contribution in [1.29, 1.82) is 0 Å². The maximum atomic E-state index is 12.9. The molecule has 0 atom stereocenters. The molecule has 1 saturated heterocycles. The van der Waals surface area contributed by atoms with Crippen molar-refractivity contribution >= 4 is 16.7 Å². The number of hydrogen-bond acceptors (Lipinski definition) is 5. The van der Waals surface area contributed by atoms with E-state index in [1.54, 1.807) is 10.9 Å². The maximum absolute atomic E-state index is 12.9. The Morgan fingerprint density at radius 1 is 1.07 bits per heavy atom. The third-order valence-corrected chi connectivity index (χ3v) is 5.92. The van der Waals surface area contributed by atoms with Gasteiger partial charge in [-0.3, -0.25) is 24.3 Å². The summed E-state index contributed by atoms with van der Waals surface area (Å²) in [5.74, 6) is 0.452. The molecule has 0 spiro atoms. The lowest BCUT2D eigenvalue weighted by Gasteiger charge is -2.40. The Kier molecular flexibility index (Phi) is 5.21. The van der Waals surface area contributed by atoms with Crippen molar-refractivity contribution in [1.82, 2.24) is 24.6 Å². The summed E-state index contributed by atoms with van der Waals surface area (Å²) < 4.78 is 1.78. The van der Waals surface area contributed by atoms with Gasteiger partial charge in [0.25, 0.3) is 0 Å². The van der Waals surface area contributed by atoms with E-state index < -0.39 is 0 Å². The number of nitrogens with zero attached hydrogens (tertiary/aromatic N) is 5. The maximum Gasteiger partial charge on any atom is 0.142 e. The second-order valence-electron chi connectivity index (χ2n) is 9.07. The number of aromatic nitrogens is 4. The van der Waals surface area contributed by atoms with Crippen molar-refractivity contribution in [3.63, 3.8) is 0 Å². The summed E-state index contributed by atoms with van der Waals surface area (Å²) in [6, 6.07) is 4.10. The quantitative estimate of drug-likeness (QED) is 0.679. The molecule has 0 aliphatic carbocycles. The van der Waals surface area contributed by atoms with Gasteiger partial charge in [0, 0.05) is 59.5 Å². The summed E-state index contributed by atoms with van der Waals surface area (Å²) in [5, 5.41) is 5.24. The summed E-state index contributed by atoms with van der Waals surface area (Å²) in [6.07, 6.45) is 9.69.